The van der Waals surface area contributed by atoms with Gasteiger partial charge in [0, 0.05) is 31.0 Å². The van der Waals surface area contributed by atoms with Crippen molar-refractivity contribution >= 4 is 11.8 Å². The third-order valence-electron chi connectivity index (χ3n) is 6.65. The summed E-state index contributed by atoms with van der Waals surface area (Å²) in [7, 11) is 1.61. The summed E-state index contributed by atoms with van der Waals surface area (Å²) < 4.78 is 18.5. The second-order valence-electron chi connectivity index (χ2n) is 8.19. The largest absolute Gasteiger partial charge is 0.383 e. The van der Waals surface area contributed by atoms with Gasteiger partial charge < -0.3 is 20.3 Å². The number of nitrogens with one attached hydrogen (secondary N) is 2. The van der Waals surface area contributed by atoms with Crippen LogP contribution >= 0.6 is 0 Å². The summed E-state index contributed by atoms with van der Waals surface area (Å²) in [4.78, 5) is 26.4. The number of carbonyl (C=O) groups excluding carboxylic acids is 2. The molecular formula is C19H29FN4O3. The van der Waals surface area contributed by atoms with Crippen molar-refractivity contribution in [2.45, 2.75) is 62.7 Å². The number of rotatable bonds is 7. The number of hydrogen-bond acceptors (Lipinski definition) is 5. The number of nitriles is 1. The average molecular weight is 380 g/mol. The van der Waals surface area contributed by atoms with E-state index in [9.17, 15) is 14.0 Å². The van der Waals surface area contributed by atoms with Gasteiger partial charge in [0.05, 0.1) is 25.8 Å². The van der Waals surface area contributed by atoms with Crippen molar-refractivity contribution in [3.05, 3.63) is 0 Å². The van der Waals surface area contributed by atoms with E-state index in [4.69, 9.17) is 10.00 Å². The third kappa shape index (κ3) is 4.09. The van der Waals surface area contributed by atoms with Gasteiger partial charge in [0.2, 0.25) is 11.8 Å². The van der Waals surface area contributed by atoms with Crippen molar-refractivity contribution in [3.63, 3.8) is 0 Å². The van der Waals surface area contributed by atoms with Crippen LogP contribution in [0.15, 0.2) is 0 Å². The smallest absolute Gasteiger partial charge is 0.237 e. The van der Waals surface area contributed by atoms with E-state index < -0.39 is 12.2 Å². The Morgan fingerprint density at radius 3 is 2.52 bits per heavy atom. The molecule has 27 heavy (non-hydrogen) atoms. The van der Waals surface area contributed by atoms with Crippen molar-refractivity contribution in [2.24, 2.45) is 5.41 Å². The van der Waals surface area contributed by atoms with Gasteiger partial charge in [0.15, 0.2) is 0 Å². The molecule has 1 heterocycles. The monoisotopic (exact) mass is 380 g/mol. The lowest BCUT2D eigenvalue weighted by molar-refractivity contribution is -0.139. The molecule has 3 saturated carbocycles. The van der Waals surface area contributed by atoms with Gasteiger partial charge in [-0.05, 0) is 38.5 Å². The van der Waals surface area contributed by atoms with E-state index in [1.54, 1.807) is 7.11 Å². The fraction of sp³-hybridized carbons (Fsp3) is 0.842. The fourth-order valence-corrected chi connectivity index (χ4v) is 4.79. The molecule has 0 aromatic carbocycles. The molecule has 0 radical (unpaired) electrons. The minimum Gasteiger partial charge on any atom is -0.383 e. The molecule has 2 N–H and O–H groups in total. The zero-order valence-corrected chi connectivity index (χ0v) is 15.9. The van der Waals surface area contributed by atoms with Crippen LogP contribution in [0.5, 0.6) is 0 Å². The maximum absolute atomic E-state index is 13.5. The number of methoxy groups -OCH3 is 1. The number of hydrogen-bond donors (Lipinski definition) is 2. The number of fused-ring (bicyclic) bond motifs is 3. The first-order valence-corrected chi connectivity index (χ1v) is 9.79. The summed E-state index contributed by atoms with van der Waals surface area (Å²) in [5, 5.41) is 15.5. The Kier molecular flexibility index (Phi) is 6.02. The summed E-state index contributed by atoms with van der Waals surface area (Å²) in [5.74, 6) is -0.0948. The molecule has 1 saturated heterocycles. The predicted octanol–water partition coefficient (Wildman–Crippen LogP) is 0.894. The number of nitrogens with zero attached hydrogens (tertiary/aromatic N) is 2. The maximum atomic E-state index is 13.5. The Bertz CT molecular complexity index is 596. The molecule has 2 amide bonds. The van der Waals surface area contributed by atoms with Crippen LogP contribution in [0.3, 0.4) is 0 Å². The van der Waals surface area contributed by atoms with Gasteiger partial charge in [-0.1, -0.05) is 0 Å². The van der Waals surface area contributed by atoms with Gasteiger partial charge >= 0.3 is 0 Å². The van der Waals surface area contributed by atoms with Gasteiger partial charge in [-0.3, -0.25) is 9.59 Å². The minimum absolute atomic E-state index is 0.0104. The Morgan fingerprint density at radius 2 is 1.93 bits per heavy atom. The van der Waals surface area contributed by atoms with Crippen LogP contribution < -0.4 is 10.6 Å². The van der Waals surface area contributed by atoms with E-state index in [0.29, 0.717) is 13.2 Å². The molecule has 4 aliphatic rings. The molecule has 2 bridgehead atoms. The normalized spacial score (nSPS) is 35.1. The summed E-state index contributed by atoms with van der Waals surface area (Å²) >= 11 is 0. The van der Waals surface area contributed by atoms with Gasteiger partial charge in [0.25, 0.3) is 0 Å². The quantitative estimate of drug-likeness (QED) is 0.640. The first kappa shape index (κ1) is 20.0. The first-order valence-electron chi connectivity index (χ1n) is 9.79. The molecule has 0 aromatic rings. The van der Waals surface area contributed by atoms with Crippen LogP contribution in [0.2, 0.25) is 0 Å². The standard InChI is InChI=1S/C19H29FN4O3/c1-27-9-8-22-17(26)18-2-5-19(6-3-18,7-4-18)23-12-16(25)24-13-14(20)10-15(24)11-21/h14-15,23H,2-10,12-13H2,1H3,(H,22,26)/t14-,15-,18?,19?/m0/s1. The second-order valence-corrected chi connectivity index (χ2v) is 8.19. The van der Waals surface area contributed by atoms with Crippen LogP contribution in [0, 0.1) is 16.7 Å². The van der Waals surface area contributed by atoms with Crippen LogP contribution in [0.1, 0.15) is 44.9 Å². The van der Waals surface area contributed by atoms with E-state index in [0.717, 1.165) is 38.5 Å². The SMILES string of the molecule is COCCNC(=O)C12CCC(NCC(=O)N3C[C@@H](F)C[C@H]3C#N)(CC1)CC2. The topological polar surface area (TPSA) is 94.5 Å². The number of carbonyl (C=O) groups is 2. The van der Waals surface area contributed by atoms with Crippen LogP contribution in [0.25, 0.3) is 0 Å². The van der Waals surface area contributed by atoms with Crippen LogP contribution in [-0.2, 0) is 14.3 Å². The van der Waals surface area contributed by atoms with Gasteiger partial charge in [-0.2, -0.15) is 5.26 Å². The molecule has 7 nitrogen and oxygen atoms in total. The highest BCUT2D eigenvalue weighted by molar-refractivity contribution is 5.83. The number of likely N-dealkylation sites (tertiary alicyclic amines) is 1. The minimum atomic E-state index is -1.11. The molecule has 0 aromatic heterocycles. The lowest BCUT2D eigenvalue weighted by Crippen LogP contribution is -2.60. The molecule has 3 aliphatic carbocycles. The van der Waals surface area contributed by atoms with Crippen LogP contribution in [-0.4, -0.2) is 67.8 Å². The molecule has 150 valence electrons. The molecule has 0 unspecified atom stereocenters. The molecule has 4 rings (SSSR count). The second kappa shape index (κ2) is 8.11. The van der Waals surface area contributed by atoms with E-state index in [1.807, 2.05) is 6.07 Å². The predicted molar refractivity (Wildman–Crippen MR) is 96.4 cm³/mol. The Morgan fingerprint density at radius 1 is 1.26 bits per heavy atom. The van der Waals surface area contributed by atoms with E-state index in [2.05, 4.69) is 10.6 Å². The van der Waals surface area contributed by atoms with E-state index >= 15 is 0 Å². The first-order chi connectivity index (χ1) is 12.9. The van der Waals surface area contributed by atoms with Crippen molar-refractivity contribution in [3.8, 4) is 6.07 Å². The summed E-state index contributed by atoms with van der Waals surface area (Å²) in [6.07, 6.45) is 3.98. The van der Waals surface area contributed by atoms with Gasteiger partial charge in [0.1, 0.15) is 12.2 Å². The van der Waals surface area contributed by atoms with Gasteiger partial charge in [-0.15, -0.1) is 0 Å². The highest BCUT2D eigenvalue weighted by Crippen LogP contribution is 2.52. The lowest BCUT2D eigenvalue weighted by atomic mass is 9.57. The highest BCUT2D eigenvalue weighted by Gasteiger charge is 2.52. The third-order valence-corrected chi connectivity index (χ3v) is 6.65. The molecule has 1 aliphatic heterocycles. The fourth-order valence-electron chi connectivity index (χ4n) is 4.79. The molecule has 4 fully saturated rings. The van der Waals surface area contributed by atoms with E-state index in [-0.39, 0.29) is 42.3 Å². The average Bonchev–Trinajstić information content (AvgIpc) is 3.08. The lowest BCUT2D eigenvalue weighted by Gasteiger charge is -2.52. The summed E-state index contributed by atoms with van der Waals surface area (Å²) in [6, 6.07) is 1.36. The van der Waals surface area contributed by atoms with Crippen LogP contribution in [0.4, 0.5) is 4.39 Å². The van der Waals surface area contributed by atoms with Crippen molar-refractivity contribution in [2.75, 3.05) is 33.4 Å². The highest BCUT2D eigenvalue weighted by atomic mass is 19.1. The zero-order chi connectivity index (χ0) is 19.5. The summed E-state index contributed by atoms with van der Waals surface area (Å²) in [5.41, 5.74) is -0.412. The number of alkyl halides is 1. The Labute approximate surface area is 159 Å². The van der Waals surface area contributed by atoms with E-state index in [1.165, 1.54) is 4.90 Å². The molecule has 0 spiro atoms. The number of amides is 2. The molecule has 2 atom stereocenters. The summed E-state index contributed by atoms with van der Waals surface area (Å²) in [6.45, 7) is 1.17. The number of halogens is 1. The molecular weight excluding hydrogens is 351 g/mol. The van der Waals surface area contributed by atoms with Crippen molar-refractivity contribution < 1.29 is 18.7 Å². The van der Waals surface area contributed by atoms with Crippen molar-refractivity contribution in [1.29, 1.82) is 5.26 Å². The van der Waals surface area contributed by atoms with Crippen molar-refractivity contribution in [1.82, 2.24) is 15.5 Å². The zero-order valence-electron chi connectivity index (χ0n) is 15.9. The Balaban J connectivity index is 1.50. The number of ether oxygens (including phenoxy) is 1. The molecule has 8 heteroatoms. The maximum Gasteiger partial charge on any atom is 0.237 e. The van der Waals surface area contributed by atoms with Gasteiger partial charge in [-0.25, -0.2) is 4.39 Å². The Hall–Kier alpha value is -1.72.